The Morgan fingerprint density at radius 1 is 1.50 bits per heavy atom. The molecule has 0 aliphatic carbocycles. The lowest BCUT2D eigenvalue weighted by molar-refractivity contribution is -0.0386. The van der Waals surface area contributed by atoms with E-state index in [1.807, 2.05) is 31.2 Å². The Labute approximate surface area is 143 Å². The molecule has 2 aliphatic rings. The molecular weight excluding hydrogens is 304 g/mol. The van der Waals surface area contributed by atoms with Crippen LogP contribution in [-0.4, -0.2) is 61.6 Å². The predicted octanol–water partition coefficient (Wildman–Crippen LogP) is 1.89. The highest BCUT2D eigenvalue weighted by Crippen LogP contribution is 2.18. The number of rotatable bonds is 5. The lowest BCUT2D eigenvalue weighted by atomic mass is 10.0. The average molecular weight is 330 g/mol. The van der Waals surface area contributed by atoms with E-state index in [9.17, 15) is 0 Å². The minimum Gasteiger partial charge on any atom is -0.494 e. The number of ether oxygens (including phenoxy) is 2. The molecule has 3 rings (SSSR count). The Bertz CT molecular complexity index is 617. The van der Waals surface area contributed by atoms with Crippen molar-refractivity contribution >= 4 is 11.4 Å². The fourth-order valence-electron chi connectivity index (χ4n) is 3.21. The third-order valence-corrected chi connectivity index (χ3v) is 4.42. The van der Waals surface area contributed by atoms with Gasteiger partial charge in [0.25, 0.3) is 0 Å². The van der Waals surface area contributed by atoms with Crippen molar-refractivity contribution in [3.05, 3.63) is 29.8 Å². The number of hydrogen-bond donors (Lipinski definition) is 2. The van der Waals surface area contributed by atoms with Gasteiger partial charge >= 0.3 is 0 Å². The monoisotopic (exact) mass is 330 g/mol. The Hall–Kier alpha value is -1.76. The summed E-state index contributed by atoms with van der Waals surface area (Å²) in [6.45, 7) is 7.84. The molecule has 130 valence electrons. The smallest absolute Gasteiger partial charge is 0.119 e. The Morgan fingerprint density at radius 2 is 2.38 bits per heavy atom. The van der Waals surface area contributed by atoms with Gasteiger partial charge in [0.2, 0.25) is 0 Å². The van der Waals surface area contributed by atoms with Crippen LogP contribution in [0.25, 0.3) is 0 Å². The largest absolute Gasteiger partial charge is 0.494 e. The van der Waals surface area contributed by atoms with E-state index in [1.165, 1.54) is 0 Å². The maximum absolute atomic E-state index is 8.54. The molecule has 0 spiro atoms. The SMILES string of the molecule is CCOc1cccc(C(=N)C2=NCNC(N3CCO[C@H](C)C3)C2)c1. The van der Waals surface area contributed by atoms with Gasteiger partial charge in [-0.25, -0.2) is 0 Å². The molecule has 6 heteroatoms. The van der Waals surface area contributed by atoms with E-state index in [4.69, 9.17) is 14.9 Å². The zero-order valence-corrected chi connectivity index (χ0v) is 14.4. The van der Waals surface area contributed by atoms with E-state index in [0.717, 1.165) is 43.1 Å². The van der Waals surface area contributed by atoms with Gasteiger partial charge in [-0.2, -0.15) is 0 Å². The van der Waals surface area contributed by atoms with Crippen LogP contribution in [0.15, 0.2) is 29.3 Å². The third kappa shape index (κ3) is 4.01. The van der Waals surface area contributed by atoms with E-state index in [-0.39, 0.29) is 12.3 Å². The molecular formula is C18H26N4O2. The summed E-state index contributed by atoms with van der Waals surface area (Å²) in [5, 5.41) is 12.0. The number of nitrogens with one attached hydrogen (secondary N) is 2. The van der Waals surface area contributed by atoms with E-state index < -0.39 is 0 Å². The molecule has 1 aromatic rings. The van der Waals surface area contributed by atoms with Gasteiger partial charge in [-0.3, -0.25) is 20.6 Å². The highest BCUT2D eigenvalue weighted by Gasteiger charge is 2.28. The van der Waals surface area contributed by atoms with Crippen LogP contribution < -0.4 is 10.1 Å². The van der Waals surface area contributed by atoms with Crippen LogP contribution in [0.4, 0.5) is 0 Å². The lowest BCUT2D eigenvalue weighted by Gasteiger charge is -2.39. The zero-order valence-electron chi connectivity index (χ0n) is 14.4. The number of hydrogen-bond acceptors (Lipinski definition) is 6. The molecule has 1 fully saturated rings. The third-order valence-electron chi connectivity index (χ3n) is 4.42. The number of aliphatic imine (C=N–C) groups is 1. The summed E-state index contributed by atoms with van der Waals surface area (Å²) in [5.74, 6) is 0.799. The van der Waals surface area contributed by atoms with Gasteiger partial charge in [-0.1, -0.05) is 12.1 Å². The van der Waals surface area contributed by atoms with Crippen molar-refractivity contribution in [2.24, 2.45) is 4.99 Å². The molecule has 1 unspecified atom stereocenters. The molecule has 2 N–H and O–H groups in total. The van der Waals surface area contributed by atoms with Gasteiger partial charge in [0.15, 0.2) is 0 Å². The topological polar surface area (TPSA) is 69.9 Å². The lowest BCUT2D eigenvalue weighted by Crippen LogP contribution is -2.55. The van der Waals surface area contributed by atoms with Crippen molar-refractivity contribution in [1.82, 2.24) is 10.2 Å². The van der Waals surface area contributed by atoms with Crippen LogP contribution in [0, 0.1) is 5.41 Å². The molecule has 6 nitrogen and oxygen atoms in total. The summed E-state index contributed by atoms with van der Waals surface area (Å²) in [5.41, 5.74) is 2.20. The van der Waals surface area contributed by atoms with Gasteiger partial charge in [-0.15, -0.1) is 0 Å². The molecule has 1 aromatic carbocycles. The normalized spacial score (nSPS) is 25.2. The van der Waals surface area contributed by atoms with Crippen LogP contribution in [0.1, 0.15) is 25.8 Å². The summed E-state index contributed by atoms with van der Waals surface area (Å²) >= 11 is 0. The molecule has 2 atom stereocenters. The van der Waals surface area contributed by atoms with Crippen molar-refractivity contribution in [3.63, 3.8) is 0 Å². The summed E-state index contributed by atoms with van der Waals surface area (Å²) in [6, 6.07) is 7.71. The molecule has 0 saturated carbocycles. The van der Waals surface area contributed by atoms with Crippen LogP contribution >= 0.6 is 0 Å². The van der Waals surface area contributed by atoms with E-state index in [0.29, 0.717) is 19.0 Å². The standard InChI is InChI=1S/C18H26N4O2/c1-3-23-15-6-4-5-14(9-15)18(19)16-10-17(21-12-20-16)22-7-8-24-13(2)11-22/h4-6,9,13,17,19,21H,3,7-8,10-12H2,1-2H3/t13-,17?/m1/s1. The zero-order chi connectivity index (χ0) is 16.9. The average Bonchev–Trinajstić information content (AvgIpc) is 2.62. The van der Waals surface area contributed by atoms with Gasteiger partial charge in [-0.05, 0) is 26.0 Å². The Morgan fingerprint density at radius 3 is 3.17 bits per heavy atom. The van der Waals surface area contributed by atoms with Crippen LogP contribution in [0.5, 0.6) is 5.75 Å². The molecule has 2 aliphatic heterocycles. The van der Waals surface area contributed by atoms with Crippen LogP contribution in [0.3, 0.4) is 0 Å². The van der Waals surface area contributed by atoms with Crippen LogP contribution in [0.2, 0.25) is 0 Å². The second kappa shape index (κ2) is 7.88. The highest BCUT2D eigenvalue weighted by molar-refractivity contribution is 6.47. The maximum atomic E-state index is 8.54. The first-order valence-corrected chi connectivity index (χ1v) is 8.62. The second-order valence-electron chi connectivity index (χ2n) is 6.20. The summed E-state index contributed by atoms with van der Waals surface area (Å²) in [6.07, 6.45) is 1.22. The van der Waals surface area contributed by atoms with Crippen molar-refractivity contribution in [1.29, 1.82) is 5.41 Å². The van der Waals surface area contributed by atoms with Crippen molar-refractivity contribution in [2.45, 2.75) is 32.5 Å². The summed E-state index contributed by atoms with van der Waals surface area (Å²) in [7, 11) is 0. The number of nitrogens with zero attached hydrogens (tertiary/aromatic N) is 2. The quantitative estimate of drug-likeness (QED) is 0.809. The van der Waals surface area contributed by atoms with Crippen molar-refractivity contribution < 1.29 is 9.47 Å². The van der Waals surface area contributed by atoms with Crippen molar-refractivity contribution in [3.8, 4) is 5.75 Å². The molecule has 0 radical (unpaired) electrons. The molecule has 0 amide bonds. The fraction of sp³-hybridized carbons (Fsp3) is 0.556. The first-order valence-electron chi connectivity index (χ1n) is 8.62. The van der Waals surface area contributed by atoms with Gasteiger partial charge in [0, 0.05) is 25.1 Å². The van der Waals surface area contributed by atoms with Gasteiger partial charge in [0.05, 0.1) is 43.6 Å². The highest BCUT2D eigenvalue weighted by atomic mass is 16.5. The minimum atomic E-state index is 0.222. The fourth-order valence-corrected chi connectivity index (χ4v) is 3.21. The minimum absolute atomic E-state index is 0.222. The predicted molar refractivity (Wildman–Crippen MR) is 95.3 cm³/mol. The van der Waals surface area contributed by atoms with Crippen LogP contribution in [-0.2, 0) is 4.74 Å². The summed E-state index contributed by atoms with van der Waals surface area (Å²) in [4.78, 5) is 6.92. The van der Waals surface area contributed by atoms with Gasteiger partial charge < -0.3 is 9.47 Å². The first-order chi connectivity index (χ1) is 11.7. The number of morpholine rings is 1. The maximum Gasteiger partial charge on any atom is 0.119 e. The second-order valence-corrected chi connectivity index (χ2v) is 6.20. The molecule has 0 aromatic heterocycles. The van der Waals surface area contributed by atoms with E-state index in [2.05, 4.69) is 22.1 Å². The van der Waals surface area contributed by atoms with Gasteiger partial charge in [0.1, 0.15) is 5.75 Å². The number of benzene rings is 1. The summed E-state index contributed by atoms with van der Waals surface area (Å²) < 4.78 is 11.2. The molecule has 0 bridgehead atoms. The molecule has 2 heterocycles. The molecule has 24 heavy (non-hydrogen) atoms. The van der Waals surface area contributed by atoms with E-state index in [1.54, 1.807) is 0 Å². The Kier molecular flexibility index (Phi) is 5.60. The first kappa shape index (κ1) is 17.1. The van der Waals surface area contributed by atoms with E-state index >= 15 is 0 Å². The van der Waals surface area contributed by atoms with Crippen molar-refractivity contribution in [2.75, 3.05) is 33.0 Å². The Balaban J connectivity index is 1.69. The molecule has 1 saturated heterocycles.